The van der Waals surface area contributed by atoms with Crippen LogP contribution in [0, 0.1) is 11.3 Å². The minimum absolute atomic E-state index is 0.0867. The second kappa shape index (κ2) is 7.32. The van der Waals surface area contributed by atoms with Crippen LogP contribution in [0.3, 0.4) is 0 Å². The van der Waals surface area contributed by atoms with Crippen LogP contribution in [0.1, 0.15) is 38.8 Å². The van der Waals surface area contributed by atoms with Crippen LogP contribution in [0.25, 0.3) is 5.57 Å². The summed E-state index contributed by atoms with van der Waals surface area (Å²) in [6, 6.07) is 5.83. The molecule has 1 rings (SSSR count). The largest absolute Gasteiger partial charge is 0.416 e. The van der Waals surface area contributed by atoms with Crippen molar-refractivity contribution in [1.29, 1.82) is 5.26 Å². The monoisotopic (exact) mass is 324 g/mol. The predicted molar refractivity (Wildman–Crippen MR) is 82.2 cm³/mol. The molecule has 0 aliphatic heterocycles. The van der Waals surface area contributed by atoms with Crippen molar-refractivity contribution in [2.45, 2.75) is 46.0 Å². The number of amides is 1. The van der Waals surface area contributed by atoms with Gasteiger partial charge in [-0.25, -0.2) is 0 Å². The topological polar surface area (TPSA) is 44.1 Å². The highest BCUT2D eigenvalue weighted by molar-refractivity contribution is 6.20. The van der Waals surface area contributed by atoms with Crippen LogP contribution < -0.4 is 0 Å². The Morgan fingerprint density at radius 2 is 1.61 bits per heavy atom. The smallest absolute Gasteiger partial charge is 0.334 e. The Morgan fingerprint density at radius 1 is 1.13 bits per heavy atom. The summed E-state index contributed by atoms with van der Waals surface area (Å²) in [5.74, 6) is -0.378. The molecule has 0 aliphatic carbocycles. The molecular weight excluding hydrogens is 305 g/mol. The Hall–Kier alpha value is -2.29. The van der Waals surface area contributed by atoms with E-state index in [-0.39, 0.29) is 29.1 Å². The van der Waals surface area contributed by atoms with Crippen molar-refractivity contribution in [1.82, 2.24) is 4.90 Å². The van der Waals surface area contributed by atoms with Gasteiger partial charge in [-0.2, -0.15) is 18.4 Å². The standard InChI is InChI=1S/C17H19F3N2O/c1-11(2)22(12(3)4)16(23)15(9-10-21)13-5-7-14(8-6-13)17(18,19)20/h5-9,11-12H,1-4H3/b15-9+. The molecule has 0 saturated carbocycles. The van der Waals surface area contributed by atoms with Gasteiger partial charge in [-0.3, -0.25) is 4.79 Å². The number of allylic oxidation sites excluding steroid dienone is 1. The van der Waals surface area contributed by atoms with E-state index < -0.39 is 11.7 Å². The van der Waals surface area contributed by atoms with Gasteiger partial charge in [0.25, 0.3) is 5.91 Å². The van der Waals surface area contributed by atoms with E-state index in [2.05, 4.69) is 0 Å². The van der Waals surface area contributed by atoms with Crippen LogP contribution in [0.4, 0.5) is 13.2 Å². The number of nitriles is 1. The lowest BCUT2D eigenvalue weighted by Gasteiger charge is -2.31. The quantitative estimate of drug-likeness (QED) is 0.613. The summed E-state index contributed by atoms with van der Waals surface area (Å²) in [5, 5.41) is 8.91. The minimum atomic E-state index is -4.44. The molecule has 124 valence electrons. The molecule has 0 unspecified atom stereocenters. The third-order valence-corrected chi connectivity index (χ3v) is 3.31. The fraction of sp³-hybridized carbons (Fsp3) is 0.412. The summed E-state index contributed by atoms with van der Waals surface area (Å²) in [6.07, 6.45) is -3.37. The number of alkyl halides is 3. The van der Waals surface area contributed by atoms with Crippen LogP contribution in [-0.4, -0.2) is 22.9 Å². The minimum Gasteiger partial charge on any atom is -0.334 e. The first-order valence-corrected chi connectivity index (χ1v) is 7.19. The molecule has 0 saturated heterocycles. The third kappa shape index (κ3) is 4.59. The summed E-state index contributed by atoms with van der Waals surface area (Å²) in [7, 11) is 0. The third-order valence-electron chi connectivity index (χ3n) is 3.31. The maximum atomic E-state index is 12.7. The highest BCUT2D eigenvalue weighted by Crippen LogP contribution is 2.30. The molecule has 0 heterocycles. The molecule has 6 heteroatoms. The number of benzene rings is 1. The van der Waals surface area contributed by atoms with E-state index in [1.165, 1.54) is 12.1 Å². The van der Waals surface area contributed by atoms with E-state index in [9.17, 15) is 18.0 Å². The van der Waals surface area contributed by atoms with Crippen molar-refractivity contribution in [2.75, 3.05) is 0 Å². The Kier molecular flexibility index (Phi) is 5.97. The molecule has 0 aromatic heterocycles. The van der Waals surface area contributed by atoms with E-state index in [0.717, 1.165) is 18.2 Å². The Balaban J connectivity index is 3.25. The molecule has 0 aliphatic rings. The van der Waals surface area contributed by atoms with Crippen molar-refractivity contribution < 1.29 is 18.0 Å². The molecule has 0 fully saturated rings. The first-order valence-electron chi connectivity index (χ1n) is 7.19. The van der Waals surface area contributed by atoms with E-state index in [1.54, 1.807) is 11.0 Å². The van der Waals surface area contributed by atoms with Crippen LogP contribution in [0.2, 0.25) is 0 Å². The van der Waals surface area contributed by atoms with E-state index in [1.807, 2.05) is 27.7 Å². The fourth-order valence-electron chi connectivity index (χ4n) is 2.38. The zero-order chi connectivity index (χ0) is 17.8. The maximum absolute atomic E-state index is 12.7. The second-order valence-corrected chi connectivity index (χ2v) is 5.66. The molecule has 0 N–H and O–H groups in total. The Bertz CT molecular complexity index is 615. The number of rotatable bonds is 4. The summed E-state index contributed by atoms with van der Waals surface area (Å²) in [6.45, 7) is 7.37. The molecular formula is C17H19F3N2O. The van der Waals surface area contributed by atoms with Gasteiger partial charge in [-0.05, 0) is 45.4 Å². The van der Waals surface area contributed by atoms with Crippen LogP contribution in [0.15, 0.2) is 30.3 Å². The van der Waals surface area contributed by atoms with Crippen molar-refractivity contribution >= 4 is 11.5 Å². The van der Waals surface area contributed by atoms with E-state index >= 15 is 0 Å². The molecule has 0 atom stereocenters. The molecule has 3 nitrogen and oxygen atoms in total. The first kappa shape index (κ1) is 18.8. The van der Waals surface area contributed by atoms with E-state index in [0.29, 0.717) is 0 Å². The second-order valence-electron chi connectivity index (χ2n) is 5.66. The number of hydrogen-bond acceptors (Lipinski definition) is 2. The summed E-state index contributed by atoms with van der Waals surface area (Å²) in [5.41, 5.74) is -0.422. The van der Waals surface area contributed by atoms with Gasteiger partial charge in [0.1, 0.15) is 0 Å². The normalized spacial score (nSPS) is 12.4. The Labute approximate surface area is 134 Å². The lowest BCUT2D eigenvalue weighted by molar-refractivity contribution is -0.137. The van der Waals surface area contributed by atoms with Gasteiger partial charge in [0.15, 0.2) is 0 Å². The van der Waals surface area contributed by atoms with Crippen molar-refractivity contribution in [3.8, 4) is 6.07 Å². The molecule has 1 aromatic carbocycles. The van der Waals surface area contributed by atoms with Gasteiger partial charge >= 0.3 is 6.18 Å². The summed E-state index contributed by atoms with van der Waals surface area (Å²) >= 11 is 0. The average molecular weight is 324 g/mol. The SMILES string of the molecule is CC(C)N(C(=O)/C(=C/C#N)c1ccc(C(F)(F)F)cc1)C(C)C. The van der Waals surface area contributed by atoms with Gasteiger partial charge in [-0.15, -0.1) is 0 Å². The van der Waals surface area contributed by atoms with Crippen molar-refractivity contribution in [3.63, 3.8) is 0 Å². The molecule has 1 amide bonds. The number of halogens is 3. The lowest BCUT2D eigenvalue weighted by atomic mass is 10.0. The van der Waals surface area contributed by atoms with Gasteiger partial charge in [0.2, 0.25) is 0 Å². The highest BCUT2D eigenvalue weighted by Gasteiger charge is 2.31. The van der Waals surface area contributed by atoms with Gasteiger partial charge in [0.05, 0.1) is 17.2 Å². The number of nitrogens with zero attached hydrogens (tertiary/aromatic N) is 2. The lowest BCUT2D eigenvalue weighted by Crippen LogP contribution is -2.42. The number of carbonyl (C=O) groups is 1. The van der Waals surface area contributed by atoms with Crippen LogP contribution in [-0.2, 0) is 11.0 Å². The van der Waals surface area contributed by atoms with Gasteiger partial charge < -0.3 is 4.90 Å². The number of hydrogen-bond donors (Lipinski definition) is 0. The van der Waals surface area contributed by atoms with E-state index in [4.69, 9.17) is 5.26 Å². The molecule has 0 radical (unpaired) electrons. The molecule has 0 spiro atoms. The fourth-order valence-corrected chi connectivity index (χ4v) is 2.38. The van der Waals surface area contributed by atoms with Gasteiger partial charge in [0, 0.05) is 18.2 Å². The maximum Gasteiger partial charge on any atom is 0.416 e. The predicted octanol–water partition coefficient (Wildman–Crippen LogP) is 4.26. The highest BCUT2D eigenvalue weighted by atomic mass is 19.4. The molecule has 0 bridgehead atoms. The Morgan fingerprint density at radius 3 is 1.96 bits per heavy atom. The summed E-state index contributed by atoms with van der Waals surface area (Å²) in [4.78, 5) is 14.3. The van der Waals surface area contributed by atoms with Crippen molar-refractivity contribution in [2.24, 2.45) is 0 Å². The van der Waals surface area contributed by atoms with Gasteiger partial charge in [-0.1, -0.05) is 12.1 Å². The zero-order valence-electron chi connectivity index (χ0n) is 13.5. The first-order chi connectivity index (χ1) is 10.6. The van der Waals surface area contributed by atoms with Crippen LogP contribution in [0.5, 0.6) is 0 Å². The molecule has 23 heavy (non-hydrogen) atoms. The average Bonchev–Trinajstić information content (AvgIpc) is 2.43. The van der Waals surface area contributed by atoms with Crippen LogP contribution >= 0.6 is 0 Å². The molecule has 1 aromatic rings. The van der Waals surface area contributed by atoms with Crippen molar-refractivity contribution in [3.05, 3.63) is 41.5 Å². The summed E-state index contributed by atoms with van der Waals surface area (Å²) < 4.78 is 37.9. The number of carbonyl (C=O) groups excluding carboxylic acids is 1. The zero-order valence-corrected chi connectivity index (χ0v) is 13.5.